The highest BCUT2D eigenvalue weighted by Gasteiger charge is 2.11. The van der Waals surface area contributed by atoms with Crippen molar-refractivity contribution in [2.45, 2.75) is 4.90 Å². The quantitative estimate of drug-likeness (QED) is 0.632. The summed E-state index contributed by atoms with van der Waals surface area (Å²) in [5.74, 6) is 0.226. The standard InChI is InChI=1S/C15H10Cl2N2OS2/c16-9-6-11(17)14-12(7-9)22-15(19-14)18-13(20)8-21-10-4-2-1-3-5-10/h1-7H,8H2,(H,18,19,20). The van der Waals surface area contributed by atoms with Gasteiger partial charge in [-0.1, -0.05) is 52.7 Å². The van der Waals surface area contributed by atoms with Crippen LogP contribution in [0, 0.1) is 0 Å². The molecule has 0 fully saturated rings. The molecule has 3 rings (SSSR count). The highest BCUT2D eigenvalue weighted by Crippen LogP contribution is 2.33. The molecule has 0 aliphatic heterocycles. The van der Waals surface area contributed by atoms with E-state index in [2.05, 4.69) is 10.3 Å². The number of nitrogens with one attached hydrogen (secondary N) is 1. The van der Waals surface area contributed by atoms with E-state index < -0.39 is 0 Å². The van der Waals surface area contributed by atoms with Gasteiger partial charge in [0.2, 0.25) is 5.91 Å². The molecule has 1 heterocycles. The van der Waals surface area contributed by atoms with Crippen LogP contribution in [0.5, 0.6) is 0 Å². The zero-order valence-corrected chi connectivity index (χ0v) is 14.3. The molecule has 3 aromatic rings. The first-order chi connectivity index (χ1) is 10.6. The van der Waals surface area contributed by atoms with Crippen molar-refractivity contribution in [3.05, 3.63) is 52.5 Å². The van der Waals surface area contributed by atoms with Gasteiger partial charge >= 0.3 is 0 Å². The van der Waals surface area contributed by atoms with Crippen LogP contribution >= 0.6 is 46.3 Å². The van der Waals surface area contributed by atoms with E-state index in [4.69, 9.17) is 23.2 Å². The Hall–Kier alpha value is -1.27. The summed E-state index contributed by atoms with van der Waals surface area (Å²) >= 11 is 14.9. The molecule has 0 unspecified atom stereocenters. The summed E-state index contributed by atoms with van der Waals surface area (Å²) in [7, 11) is 0. The third-order valence-corrected chi connectivity index (χ3v) is 5.21. The van der Waals surface area contributed by atoms with Gasteiger partial charge in [-0.3, -0.25) is 4.79 Å². The minimum atomic E-state index is -0.102. The minimum absolute atomic E-state index is 0.102. The molecule has 0 radical (unpaired) electrons. The summed E-state index contributed by atoms with van der Waals surface area (Å²) < 4.78 is 0.850. The Labute approximate surface area is 145 Å². The lowest BCUT2D eigenvalue weighted by molar-refractivity contribution is -0.113. The van der Waals surface area contributed by atoms with Gasteiger partial charge in [-0.05, 0) is 24.3 Å². The Morgan fingerprint density at radius 1 is 1.23 bits per heavy atom. The Morgan fingerprint density at radius 3 is 2.77 bits per heavy atom. The molecular weight excluding hydrogens is 359 g/mol. The van der Waals surface area contributed by atoms with E-state index in [-0.39, 0.29) is 5.91 Å². The fourth-order valence-electron chi connectivity index (χ4n) is 1.83. The van der Waals surface area contributed by atoms with Crippen LogP contribution in [-0.2, 0) is 4.79 Å². The fourth-order valence-corrected chi connectivity index (χ4v) is 4.16. The van der Waals surface area contributed by atoms with Crippen LogP contribution in [0.4, 0.5) is 5.13 Å². The van der Waals surface area contributed by atoms with Crippen molar-refractivity contribution in [2.75, 3.05) is 11.1 Å². The number of amides is 1. The van der Waals surface area contributed by atoms with Gasteiger partial charge in [-0.25, -0.2) is 4.98 Å². The molecule has 22 heavy (non-hydrogen) atoms. The molecule has 1 aromatic heterocycles. The predicted molar refractivity (Wildman–Crippen MR) is 95.4 cm³/mol. The van der Waals surface area contributed by atoms with E-state index in [1.165, 1.54) is 23.1 Å². The Morgan fingerprint density at radius 2 is 2.00 bits per heavy atom. The van der Waals surface area contributed by atoms with Crippen molar-refractivity contribution in [2.24, 2.45) is 0 Å². The second-order valence-electron chi connectivity index (χ2n) is 4.40. The van der Waals surface area contributed by atoms with E-state index in [1.54, 1.807) is 12.1 Å². The van der Waals surface area contributed by atoms with Crippen molar-refractivity contribution >= 4 is 67.6 Å². The lowest BCUT2D eigenvalue weighted by atomic mass is 10.3. The average Bonchev–Trinajstić information content (AvgIpc) is 2.89. The van der Waals surface area contributed by atoms with Gasteiger partial charge in [0.05, 0.1) is 15.5 Å². The number of thioether (sulfide) groups is 1. The molecule has 7 heteroatoms. The largest absolute Gasteiger partial charge is 0.301 e. The molecule has 0 spiro atoms. The molecule has 112 valence electrons. The van der Waals surface area contributed by atoms with E-state index in [0.717, 1.165) is 9.60 Å². The second-order valence-corrected chi connectivity index (χ2v) is 7.33. The molecule has 0 aliphatic rings. The third-order valence-electron chi connectivity index (χ3n) is 2.77. The van der Waals surface area contributed by atoms with E-state index in [1.807, 2.05) is 30.3 Å². The summed E-state index contributed by atoms with van der Waals surface area (Å²) in [4.78, 5) is 17.4. The Balaban J connectivity index is 1.68. The second kappa shape index (κ2) is 6.87. The maximum atomic E-state index is 12.0. The number of benzene rings is 2. The fraction of sp³-hybridized carbons (Fsp3) is 0.0667. The molecule has 0 bridgehead atoms. The maximum Gasteiger partial charge on any atom is 0.236 e. The molecular formula is C15H10Cl2N2OS2. The minimum Gasteiger partial charge on any atom is -0.301 e. The number of fused-ring (bicyclic) bond motifs is 1. The highest BCUT2D eigenvalue weighted by atomic mass is 35.5. The highest BCUT2D eigenvalue weighted by molar-refractivity contribution is 8.00. The van der Waals surface area contributed by atoms with Crippen LogP contribution in [0.15, 0.2) is 47.4 Å². The van der Waals surface area contributed by atoms with Crippen molar-refractivity contribution in [3.63, 3.8) is 0 Å². The summed E-state index contributed by atoms with van der Waals surface area (Å²) in [6.07, 6.45) is 0. The smallest absolute Gasteiger partial charge is 0.236 e. The van der Waals surface area contributed by atoms with Gasteiger partial charge in [0.1, 0.15) is 5.52 Å². The van der Waals surface area contributed by atoms with Gasteiger partial charge < -0.3 is 5.32 Å². The van der Waals surface area contributed by atoms with Gasteiger partial charge in [-0.2, -0.15) is 0 Å². The molecule has 0 atom stereocenters. The lowest BCUT2D eigenvalue weighted by Gasteiger charge is -2.01. The lowest BCUT2D eigenvalue weighted by Crippen LogP contribution is -2.13. The summed E-state index contributed by atoms with van der Waals surface area (Å²) in [5.41, 5.74) is 0.655. The van der Waals surface area contributed by atoms with Crippen LogP contribution in [-0.4, -0.2) is 16.6 Å². The first-order valence-corrected chi connectivity index (χ1v) is 8.91. The molecule has 2 aromatic carbocycles. The first-order valence-electron chi connectivity index (χ1n) is 6.35. The summed E-state index contributed by atoms with van der Waals surface area (Å²) in [6, 6.07) is 13.2. The number of hydrogen-bond acceptors (Lipinski definition) is 4. The van der Waals surface area contributed by atoms with Gasteiger partial charge in [0, 0.05) is 9.92 Å². The van der Waals surface area contributed by atoms with E-state index in [0.29, 0.717) is 26.4 Å². The number of rotatable bonds is 4. The average molecular weight is 369 g/mol. The Kier molecular flexibility index (Phi) is 4.88. The van der Waals surface area contributed by atoms with Crippen molar-refractivity contribution < 1.29 is 4.79 Å². The number of carbonyl (C=O) groups excluding carboxylic acids is 1. The third kappa shape index (κ3) is 3.73. The van der Waals surface area contributed by atoms with Gasteiger partial charge in [-0.15, -0.1) is 11.8 Å². The molecule has 1 N–H and O–H groups in total. The van der Waals surface area contributed by atoms with Crippen LogP contribution in [0.3, 0.4) is 0 Å². The zero-order chi connectivity index (χ0) is 15.5. The summed E-state index contributed by atoms with van der Waals surface area (Å²) in [6.45, 7) is 0. The van der Waals surface area contributed by atoms with Crippen LogP contribution < -0.4 is 5.32 Å². The maximum absolute atomic E-state index is 12.0. The summed E-state index contributed by atoms with van der Waals surface area (Å²) in [5, 5.41) is 4.36. The normalized spacial score (nSPS) is 10.8. The molecule has 3 nitrogen and oxygen atoms in total. The zero-order valence-electron chi connectivity index (χ0n) is 11.2. The number of nitrogens with zero attached hydrogens (tertiary/aromatic N) is 1. The van der Waals surface area contributed by atoms with Gasteiger partial charge in [0.15, 0.2) is 5.13 Å². The van der Waals surface area contributed by atoms with Crippen molar-refractivity contribution in [3.8, 4) is 0 Å². The number of halogens is 2. The number of carbonyl (C=O) groups is 1. The van der Waals surface area contributed by atoms with E-state index in [9.17, 15) is 4.79 Å². The number of aromatic nitrogens is 1. The topological polar surface area (TPSA) is 42.0 Å². The number of anilines is 1. The number of thiazole rings is 1. The predicted octanol–water partition coefficient (Wildman–Crippen LogP) is 5.33. The van der Waals surface area contributed by atoms with Crippen molar-refractivity contribution in [1.82, 2.24) is 4.98 Å². The Bertz CT molecular complexity index is 821. The van der Waals surface area contributed by atoms with E-state index >= 15 is 0 Å². The van der Waals surface area contributed by atoms with Crippen molar-refractivity contribution in [1.29, 1.82) is 0 Å². The molecule has 1 amide bonds. The molecule has 0 saturated heterocycles. The molecule has 0 aliphatic carbocycles. The SMILES string of the molecule is O=C(CSc1ccccc1)Nc1nc2c(Cl)cc(Cl)cc2s1. The van der Waals surface area contributed by atoms with Gasteiger partial charge in [0.25, 0.3) is 0 Å². The van der Waals surface area contributed by atoms with Crippen LogP contribution in [0.25, 0.3) is 10.2 Å². The molecule has 0 saturated carbocycles. The van der Waals surface area contributed by atoms with Crippen LogP contribution in [0.1, 0.15) is 0 Å². The first kappa shape index (κ1) is 15.6. The number of hydrogen-bond donors (Lipinski definition) is 1. The monoisotopic (exact) mass is 368 g/mol. The van der Waals surface area contributed by atoms with Crippen LogP contribution in [0.2, 0.25) is 10.0 Å².